The maximum Gasteiger partial charge on any atom is 0.181 e. The largest absolute Gasteiger partial charge is 0.389 e. The van der Waals surface area contributed by atoms with Gasteiger partial charge in [0.05, 0.1) is 18.3 Å². The van der Waals surface area contributed by atoms with E-state index in [1.165, 1.54) is 91.7 Å². The molecule has 88 heavy (non-hydrogen) atoms. The summed E-state index contributed by atoms with van der Waals surface area (Å²) in [6.07, 6.45) is 44.8. The van der Waals surface area contributed by atoms with Gasteiger partial charge in [0.15, 0.2) is 23.1 Å². The van der Waals surface area contributed by atoms with Gasteiger partial charge in [0.1, 0.15) is 0 Å². The highest BCUT2D eigenvalue weighted by molar-refractivity contribution is 6.07. The zero-order valence-corrected chi connectivity index (χ0v) is 55.4. The molecule has 0 amide bonds. The summed E-state index contributed by atoms with van der Waals surface area (Å²) in [5, 5.41) is 30.4. The van der Waals surface area contributed by atoms with E-state index in [1.807, 2.05) is 33.8 Å². The van der Waals surface area contributed by atoms with Crippen molar-refractivity contribution in [2.45, 2.75) is 237 Å². The molecule has 3 N–H and O–H groups in total. The maximum atomic E-state index is 12.1. The van der Waals surface area contributed by atoms with Crippen LogP contribution in [0.25, 0.3) is 0 Å². The van der Waals surface area contributed by atoms with E-state index in [-0.39, 0.29) is 79.3 Å². The molecule has 12 atom stereocenters. The van der Waals surface area contributed by atoms with Crippen LogP contribution in [-0.2, 0) is 19.2 Å². The van der Waals surface area contributed by atoms with E-state index >= 15 is 0 Å². The molecule has 0 saturated heterocycles. The SMILES string of the molecule is CC1=C2CCC3=C(CC[C@@]4(C)C[C@@H](C)C=C34)[C@]2(C)C=CC1=O.CC1=C2CCC3=C(CC[C@@]4(C)C[C@@H](O)C=C34)[C@@]2(C)C=CC1=O.CC1=C2CCC3=C(CC[C@]4(C)C[C@H](O)C=C34)[C@@]2(C)C=CC1=O.CC1=C2CCC3=C(CC[C@]4(C)C[C@H](O)C=C34)[C@]2(C)C=CC1=O. The van der Waals surface area contributed by atoms with Gasteiger partial charge in [-0.2, -0.15) is 0 Å². The number of fused-ring (bicyclic) bond motifs is 16. The van der Waals surface area contributed by atoms with Crippen LogP contribution in [0.3, 0.4) is 0 Å². The zero-order valence-electron chi connectivity index (χ0n) is 55.4. The molecule has 0 aromatic rings. The molecule has 0 aromatic carbocycles. The van der Waals surface area contributed by atoms with E-state index in [4.69, 9.17) is 0 Å². The number of allylic oxidation sites excluding steroid dienone is 29. The lowest BCUT2D eigenvalue weighted by molar-refractivity contribution is -0.112. The lowest BCUT2D eigenvalue weighted by Gasteiger charge is -2.47. The van der Waals surface area contributed by atoms with E-state index < -0.39 is 0 Å². The predicted molar refractivity (Wildman–Crippen MR) is 352 cm³/mol. The first-order chi connectivity index (χ1) is 41.4. The van der Waals surface area contributed by atoms with Gasteiger partial charge in [0.25, 0.3) is 0 Å². The van der Waals surface area contributed by atoms with Crippen LogP contribution in [0.15, 0.2) is 184 Å². The van der Waals surface area contributed by atoms with Crippen LogP contribution >= 0.6 is 0 Å². The summed E-state index contributed by atoms with van der Waals surface area (Å²) in [6, 6.07) is 0. The van der Waals surface area contributed by atoms with Gasteiger partial charge in [0, 0.05) is 21.7 Å². The van der Waals surface area contributed by atoms with Gasteiger partial charge in [0.2, 0.25) is 0 Å². The smallest absolute Gasteiger partial charge is 0.181 e. The third kappa shape index (κ3) is 9.23. The Bertz CT molecular complexity index is 3300. The van der Waals surface area contributed by atoms with Gasteiger partial charge in [-0.15, -0.1) is 0 Å². The average Bonchev–Trinajstić information content (AvgIpc) is 1.27. The number of ketones is 4. The topological polar surface area (TPSA) is 129 Å². The Kier molecular flexibility index (Phi) is 14.6. The molecule has 7 heteroatoms. The van der Waals surface area contributed by atoms with Crippen molar-refractivity contribution in [1.29, 1.82) is 0 Å². The highest BCUT2D eigenvalue weighted by Gasteiger charge is 2.53. The standard InChI is InChI=1S/C21H26O.3C20H24O2/c1-13-11-18-15-5-6-16-14(2)19(22)8-10-21(16,4)17(15)7-9-20(18,3)12-13;3*1-12-15-5-4-14-16(20(15,3)9-7-18(12)22)6-8-19(2)11-13(21)10-17(14)19/h8,10-11,13H,5-7,9,12H2,1-4H3;3*7,9-10,13,21H,4-6,8,11H2,1-3H3/t13-,20-,21+;13-,19-,20+;2*13-,19-,20-/m0110/s1. The second-order valence-electron chi connectivity index (χ2n) is 31.9. The molecule has 0 unspecified atom stereocenters. The summed E-state index contributed by atoms with van der Waals surface area (Å²) in [7, 11) is 0. The molecule has 0 aliphatic heterocycles. The third-order valence-electron chi connectivity index (χ3n) is 26.4. The molecule has 0 fully saturated rings. The molecule has 0 aromatic heterocycles. The van der Waals surface area contributed by atoms with Crippen LogP contribution in [0.4, 0.5) is 0 Å². The van der Waals surface area contributed by atoms with Gasteiger partial charge >= 0.3 is 0 Å². The van der Waals surface area contributed by atoms with Crippen molar-refractivity contribution in [3.63, 3.8) is 0 Å². The minimum atomic E-state index is -0.290. The normalized spacial score (nSPS) is 40.5. The first-order valence-electron chi connectivity index (χ1n) is 34.0. The molecule has 0 heterocycles. The number of carbonyl (C=O) groups excluding carboxylic acids is 4. The molecule has 464 valence electrons. The van der Waals surface area contributed by atoms with Crippen LogP contribution in [0, 0.1) is 49.2 Å². The minimum Gasteiger partial charge on any atom is -0.389 e. The Morgan fingerprint density at radius 3 is 0.795 bits per heavy atom. The van der Waals surface area contributed by atoms with Gasteiger partial charge in [-0.05, 0) is 325 Å². The molecule has 0 bridgehead atoms. The number of hydrogen-bond donors (Lipinski definition) is 3. The number of carbonyl (C=O) groups is 4. The Balaban J connectivity index is 0.000000108. The second-order valence-corrected chi connectivity index (χ2v) is 31.9. The van der Waals surface area contributed by atoms with Crippen molar-refractivity contribution in [2.24, 2.45) is 49.2 Å². The first kappa shape index (κ1) is 61.3. The fourth-order valence-corrected chi connectivity index (χ4v) is 21.5. The Morgan fingerprint density at radius 2 is 0.545 bits per heavy atom. The molecule has 7 nitrogen and oxygen atoms in total. The molecule has 16 rings (SSSR count). The number of aliphatic hydroxyl groups is 3. The van der Waals surface area contributed by atoms with E-state index in [0.717, 1.165) is 131 Å². The van der Waals surface area contributed by atoms with Crippen molar-refractivity contribution in [3.8, 4) is 0 Å². The monoisotopic (exact) mass is 1180 g/mol. The van der Waals surface area contributed by atoms with Crippen molar-refractivity contribution < 1.29 is 34.5 Å². The Labute approximate surface area is 525 Å². The Hall–Kier alpha value is -5.60. The summed E-state index contributed by atoms with van der Waals surface area (Å²) in [5.41, 5.74) is 27.8. The maximum absolute atomic E-state index is 12.1. The fourth-order valence-electron chi connectivity index (χ4n) is 21.5. The minimum absolute atomic E-state index is 0.000422. The van der Waals surface area contributed by atoms with Gasteiger partial charge in [-0.25, -0.2) is 0 Å². The quantitative estimate of drug-likeness (QED) is 0.220. The van der Waals surface area contributed by atoms with Gasteiger partial charge in [-0.3, -0.25) is 19.2 Å². The lowest BCUT2D eigenvalue weighted by Crippen LogP contribution is -2.35. The number of hydrogen-bond acceptors (Lipinski definition) is 7. The molecule has 0 spiro atoms. The van der Waals surface area contributed by atoms with Gasteiger partial charge < -0.3 is 15.3 Å². The molecule has 16 aliphatic carbocycles. The van der Waals surface area contributed by atoms with Crippen LogP contribution in [-0.4, -0.2) is 56.8 Å². The van der Waals surface area contributed by atoms with Gasteiger partial charge in [-0.1, -0.05) is 106 Å². The molecule has 0 saturated carbocycles. The van der Waals surface area contributed by atoms with E-state index in [2.05, 4.69) is 111 Å². The predicted octanol–water partition coefficient (Wildman–Crippen LogP) is 17.4. The zero-order chi connectivity index (χ0) is 62.8. The van der Waals surface area contributed by atoms with E-state index in [9.17, 15) is 34.5 Å². The summed E-state index contributed by atoms with van der Waals surface area (Å²) >= 11 is 0. The third-order valence-corrected chi connectivity index (χ3v) is 26.4. The molecular weight excluding hydrogens is 1080 g/mol. The summed E-state index contributed by atoms with van der Waals surface area (Å²) in [4.78, 5) is 48.1. The first-order valence-corrected chi connectivity index (χ1v) is 34.0. The summed E-state index contributed by atoms with van der Waals surface area (Å²) < 4.78 is 0. The van der Waals surface area contributed by atoms with Crippen LogP contribution in [0.5, 0.6) is 0 Å². The van der Waals surface area contributed by atoms with E-state index in [0.29, 0.717) is 11.3 Å². The second kappa shape index (κ2) is 21.0. The highest BCUT2D eigenvalue weighted by atomic mass is 16.3. The van der Waals surface area contributed by atoms with Crippen molar-refractivity contribution in [2.75, 3.05) is 0 Å². The van der Waals surface area contributed by atoms with Crippen LogP contribution in [0.1, 0.15) is 218 Å². The van der Waals surface area contributed by atoms with Crippen molar-refractivity contribution in [3.05, 3.63) is 184 Å². The number of aliphatic hydroxyl groups excluding tert-OH is 3. The van der Waals surface area contributed by atoms with E-state index in [1.54, 1.807) is 34.9 Å². The van der Waals surface area contributed by atoms with Crippen LogP contribution in [0.2, 0.25) is 0 Å². The van der Waals surface area contributed by atoms with Crippen molar-refractivity contribution in [1.82, 2.24) is 0 Å². The average molecular weight is 1180 g/mol. The lowest BCUT2D eigenvalue weighted by atomic mass is 9.57. The number of rotatable bonds is 0. The Morgan fingerprint density at radius 1 is 0.318 bits per heavy atom. The molecule has 0 radical (unpaired) electrons. The van der Waals surface area contributed by atoms with Crippen LogP contribution < -0.4 is 0 Å². The highest BCUT2D eigenvalue weighted by Crippen LogP contribution is 2.65. The summed E-state index contributed by atoms with van der Waals surface area (Å²) in [6.45, 7) is 28.9. The molecule has 16 aliphatic rings. The van der Waals surface area contributed by atoms with Crippen molar-refractivity contribution >= 4 is 23.1 Å². The fraction of sp³-hybridized carbons (Fsp3) is 0.556. The summed E-state index contributed by atoms with van der Waals surface area (Å²) in [5.74, 6) is 1.45. The molecular formula is C81H98O7.